The van der Waals surface area contributed by atoms with E-state index in [0.717, 1.165) is 49.4 Å². The number of urea groups is 1. The molecule has 31 heavy (non-hydrogen) atoms. The fourth-order valence-corrected chi connectivity index (χ4v) is 3.84. The summed E-state index contributed by atoms with van der Waals surface area (Å²) in [6.07, 6.45) is 6.47. The summed E-state index contributed by atoms with van der Waals surface area (Å²) >= 11 is 0. The van der Waals surface area contributed by atoms with E-state index in [4.69, 9.17) is 4.74 Å². The zero-order valence-electron chi connectivity index (χ0n) is 17.8. The largest absolute Gasteiger partial charge is 0.497 e. The highest BCUT2D eigenvalue weighted by molar-refractivity contribution is 5.74. The maximum absolute atomic E-state index is 12.3. The molecule has 0 bridgehead atoms. The molecule has 3 aromatic rings. The number of carbonyl (C=O) groups is 1. The molecular weight excluding hydrogens is 390 g/mol. The number of benzene rings is 2. The number of nitrogens with zero attached hydrogens (tertiary/aromatic N) is 3. The summed E-state index contributed by atoms with van der Waals surface area (Å²) in [6, 6.07) is 18.2. The summed E-state index contributed by atoms with van der Waals surface area (Å²) in [4.78, 5) is 14.6. The molecule has 2 N–H and O–H groups in total. The van der Waals surface area contributed by atoms with Gasteiger partial charge in [-0.15, -0.1) is 0 Å². The molecule has 7 nitrogen and oxygen atoms in total. The van der Waals surface area contributed by atoms with Crippen molar-refractivity contribution in [2.24, 2.45) is 0 Å². The van der Waals surface area contributed by atoms with E-state index in [9.17, 15) is 4.79 Å². The monoisotopic (exact) mass is 419 g/mol. The molecule has 1 aromatic heterocycles. The predicted octanol–water partition coefficient (Wildman–Crippen LogP) is 3.39. The zero-order valence-corrected chi connectivity index (χ0v) is 17.8. The third kappa shape index (κ3) is 5.57. The van der Waals surface area contributed by atoms with Crippen molar-refractivity contribution in [2.75, 3.05) is 31.6 Å². The highest BCUT2D eigenvalue weighted by Gasteiger charge is 2.20. The van der Waals surface area contributed by atoms with Gasteiger partial charge in [0.15, 0.2) is 0 Å². The average Bonchev–Trinajstić information content (AvgIpc) is 3.29. The fourth-order valence-electron chi connectivity index (χ4n) is 3.84. The van der Waals surface area contributed by atoms with Gasteiger partial charge in [-0.1, -0.05) is 18.2 Å². The summed E-state index contributed by atoms with van der Waals surface area (Å²) in [5, 5.41) is 10.5. The lowest BCUT2D eigenvalue weighted by Gasteiger charge is -2.34. The standard InChI is InChI=1S/C24H29N5O2/c1-31-23-9-7-21(8-10-23)28-15-12-20(13-16-28)27-24(30)25-14-11-19-17-26-29(18-19)22-5-3-2-4-6-22/h2-10,17-18,20H,11-16H2,1H3,(H2,25,27,30). The molecule has 0 saturated carbocycles. The molecular formula is C24H29N5O2. The van der Waals surface area contributed by atoms with Gasteiger partial charge in [0.1, 0.15) is 5.75 Å². The third-order valence-corrected chi connectivity index (χ3v) is 5.62. The number of piperidine rings is 1. The first kappa shape index (κ1) is 20.8. The van der Waals surface area contributed by atoms with E-state index in [-0.39, 0.29) is 12.1 Å². The first-order chi connectivity index (χ1) is 15.2. The second-order valence-electron chi connectivity index (χ2n) is 7.74. The number of anilines is 1. The van der Waals surface area contributed by atoms with E-state index < -0.39 is 0 Å². The van der Waals surface area contributed by atoms with Crippen molar-refractivity contribution in [2.45, 2.75) is 25.3 Å². The number of carbonyl (C=O) groups excluding carboxylic acids is 1. The maximum Gasteiger partial charge on any atom is 0.315 e. The number of aromatic nitrogens is 2. The summed E-state index contributed by atoms with van der Waals surface area (Å²) in [6.45, 7) is 2.43. The number of para-hydroxylation sites is 1. The Morgan fingerprint density at radius 2 is 1.81 bits per heavy atom. The van der Waals surface area contributed by atoms with Gasteiger partial charge in [0.05, 0.1) is 19.0 Å². The van der Waals surface area contributed by atoms with Crippen molar-refractivity contribution >= 4 is 11.7 Å². The Kier molecular flexibility index (Phi) is 6.72. The van der Waals surface area contributed by atoms with Crippen molar-refractivity contribution in [1.82, 2.24) is 20.4 Å². The number of rotatable bonds is 7. The number of ether oxygens (including phenoxy) is 1. The van der Waals surface area contributed by atoms with Gasteiger partial charge in [-0.3, -0.25) is 0 Å². The van der Waals surface area contributed by atoms with E-state index in [1.165, 1.54) is 5.69 Å². The van der Waals surface area contributed by atoms with Gasteiger partial charge in [0.2, 0.25) is 0 Å². The number of methoxy groups -OCH3 is 1. The minimum Gasteiger partial charge on any atom is -0.497 e. The van der Waals surface area contributed by atoms with Crippen LogP contribution in [0.5, 0.6) is 5.75 Å². The Hall–Kier alpha value is -3.48. The second kappa shape index (κ2) is 10.0. The summed E-state index contributed by atoms with van der Waals surface area (Å²) in [5.41, 5.74) is 3.32. The van der Waals surface area contributed by atoms with Gasteiger partial charge < -0.3 is 20.3 Å². The van der Waals surface area contributed by atoms with Crippen LogP contribution in [0.25, 0.3) is 5.69 Å². The van der Waals surface area contributed by atoms with Crippen LogP contribution < -0.4 is 20.3 Å². The second-order valence-corrected chi connectivity index (χ2v) is 7.74. The summed E-state index contributed by atoms with van der Waals surface area (Å²) in [5.74, 6) is 0.865. The molecule has 2 amide bonds. The van der Waals surface area contributed by atoms with Crippen LogP contribution in [0.4, 0.5) is 10.5 Å². The van der Waals surface area contributed by atoms with Gasteiger partial charge in [-0.05, 0) is 61.2 Å². The van der Waals surface area contributed by atoms with Crippen molar-refractivity contribution in [3.05, 3.63) is 72.6 Å². The lowest BCUT2D eigenvalue weighted by atomic mass is 10.0. The number of hydrogen-bond acceptors (Lipinski definition) is 4. The van der Waals surface area contributed by atoms with E-state index in [1.54, 1.807) is 7.11 Å². The minimum atomic E-state index is -0.0988. The Bertz CT molecular complexity index is 963. The fraction of sp³-hybridized carbons (Fsp3) is 0.333. The molecule has 2 heterocycles. The normalized spacial score (nSPS) is 14.3. The molecule has 1 aliphatic rings. The van der Waals surface area contributed by atoms with Gasteiger partial charge >= 0.3 is 6.03 Å². The van der Waals surface area contributed by atoms with Crippen molar-refractivity contribution < 1.29 is 9.53 Å². The highest BCUT2D eigenvalue weighted by Crippen LogP contribution is 2.22. The van der Waals surface area contributed by atoms with E-state index in [0.29, 0.717) is 6.54 Å². The lowest BCUT2D eigenvalue weighted by Crippen LogP contribution is -2.48. The first-order valence-corrected chi connectivity index (χ1v) is 10.7. The van der Waals surface area contributed by atoms with E-state index in [1.807, 2.05) is 59.5 Å². The van der Waals surface area contributed by atoms with Crippen LogP contribution in [-0.4, -0.2) is 48.6 Å². The van der Waals surface area contributed by atoms with Gasteiger partial charge in [-0.2, -0.15) is 5.10 Å². The average molecular weight is 420 g/mol. The molecule has 4 rings (SSSR count). The van der Waals surface area contributed by atoms with Gasteiger partial charge in [0.25, 0.3) is 0 Å². The Balaban J connectivity index is 1.17. The molecule has 2 aromatic carbocycles. The molecule has 7 heteroatoms. The first-order valence-electron chi connectivity index (χ1n) is 10.7. The SMILES string of the molecule is COc1ccc(N2CCC(NC(=O)NCCc3cnn(-c4ccccc4)c3)CC2)cc1. The van der Waals surface area contributed by atoms with Crippen LogP contribution in [0.15, 0.2) is 67.0 Å². The molecule has 0 aliphatic carbocycles. The van der Waals surface area contributed by atoms with Crippen molar-refractivity contribution in [1.29, 1.82) is 0 Å². The molecule has 162 valence electrons. The van der Waals surface area contributed by atoms with Crippen LogP contribution >= 0.6 is 0 Å². The van der Waals surface area contributed by atoms with Crippen LogP contribution in [0.2, 0.25) is 0 Å². The molecule has 0 radical (unpaired) electrons. The summed E-state index contributed by atoms with van der Waals surface area (Å²) < 4.78 is 7.07. The molecule has 0 unspecified atom stereocenters. The Morgan fingerprint density at radius 1 is 1.06 bits per heavy atom. The quantitative estimate of drug-likeness (QED) is 0.616. The Morgan fingerprint density at radius 3 is 2.52 bits per heavy atom. The summed E-state index contributed by atoms with van der Waals surface area (Å²) in [7, 11) is 1.68. The zero-order chi connectivity index (χ0) is 21.5. The number of hydrogen-bond donors (Lipinski definition) is 2. The van der Waals surface area contributed by atoms with Gasteiger partial charge in [-0.25, -0.2) is 9.48 Å². The van der Waals surface area contributed by atoms with Crippen LogP contribution in [0, 0.1) is 0 Å². The molecule has 0 spiro atoms. The van der Waals surface area contributed by atoms with Crippen molar-refractivity contribution in [3.8, 4) is 11.4 Å². The highest BCUT2D eigenvalue weighted by atomic mass is 16.5. The molecule has 1 saturated heterocycles. The van der Waals surface area contributed by atoms with Crippen molar-refractivity contribution in [3.63, 3.8) is 0 Å². The van der Waals surface area contributed by atoms with E-state index >= 15 is 0 Å². The molecule has 1 aliphatic heterocycles. The number of nitrogens with one attached hydrogen (secondary N) is 2. The molecule has 0 atom stereocenters. The topological polar surface area (TPSA) is 71.4 Å². The minimum absolute atomic E-state index is 0.0988. The lowest BCUT2D eigenvalue weighted by molar-refractivity contribution is 0.234. The van der Waals surface area contributed by atoms with Crippen LogP contribution in [0.3, 0.4) is 0 Å². The predicted molar refractivity (Wildman–Crippen MR) is 122 cm³/mol. The molecule has 1 fully saturated rings. The third-order valence-electron chi connectivity index (χ3n) is 5.62. The Labute approximate surface area is 183 Å². The number of amides is 2. The maximum atomic E-state index is 12.3. The van der Waals surface area contributed by atoms with Crippen LogP contribution in [0.1, 0.15) is 18.4 Å². The van der Waals surface area contributed by atoms with Gasteiger partial charge in [0, 0.05) is 37.6 Å². The smallest absolute Gasteiger partial charge is 0.315 e. The van der Waals surface area contributed by atoms with Crippen LogP contribution in [-0.2, 0) is 6.42 Å². The van der Waals surface area contributed by atoms with E-state index in [2.05, 4.69) is 32.8 Å².